The molecule has 2 heterocycles. The lowest BCUT2D eigenvalue weighted by atomic mass is 9.89. The van der Waals surface area contributed by atoms with Gasteiger partial charge in [-0.15, -0.1) is 0 Å². The number of nitrogens with two attached hydrogens (primary N) is 1. The van der Waals surface area contributed by atoms with Crippen molar-refractivity contribution in [1.29, 1.82) is 0 Å². The summed E-state index contributed by atoms with van der Waals surface area (Å²) in [5.74, 6) is 0.529. The van der Waals surface area contributed by atoms with Crippen molar-refractivity contribution in [2.45, 2.75) is 39.0 Å². The second-order valence-corrected chi connectivity index (χ2v) is 5.85. The third-order valence-corrected chi connectivity index (χ3v) is 4.18. The van der Waals surface area contributed by atoms with Crippen LogP contribution in [0.25, 0.3) is 0 Å². The Hall–Kier alpha value is -1.47. The van der Waals surface area contributed by atoms with E-state index >= 15 is 0 Å². The van der Waals surface area contributed by atoms with Gasteiger partial charge in [0, 0.05) is 19.0 Å². The van der Waals surface area contributed by atoms with Crippen LogP contribution < -0.4 is 16.6 Å². The first-order valence-corrected chi connectivity index (χ1v) is 7.78. The summed E-state index contributed by atoms with van der Waals surface area (Å²) in [6.07, 6.45) is 8.47. The summed E-state index contributed by atoms with van der Waals surface area (Å²) in [5.41, 5.74) is 12.5. The maximum Gasteiger partial charge on any atom is 0.161 e. The minimum Gasteiger partial charge on any atom is -0.509 e. The molecule has 0 saturated carbocycles. The van der Waals surface area contributed by atoms with E-state index in [1.54, 1.807) is 6.08 Å². The molecular weight excluding hydrogens is 280 g/mol. The molecule has 1 unspecified atom stereocenters. The predicted molar refractivity (Wildman–Crippen MR) is 86.6 cm³/mol. The molecular formula is C16H26N4O2. The fourth-order valence-electron chi connectivity index (χ4n) is 2.67. The number of likely N-dealkylation sites (tertiary alicyclic amines) is 1. The molecule has 0 aliphatic carbocycles. The van der Waals surface area contributed by atoms with Crippen LogP contribution in [0.2, 0.25) is 0 Å². The highest BCUT2D eigenvalue weighted by molar-refractivity contribution is 5.96. The number of ketones is 1. The number of aliphatic hydroxyl groups is 1. The number of aliphatic hydroxyl groups excluding tert-OH is 1. The van der Waals surface area contributed by atoms with Crippen molar-refractivity contribution in [3.63, 3.8) is 0 Å². The Morgan fingerprint density at radius 2 is 2.00 bits per heavy atom. The van der Waals surface area contributed by atoms with Gasteiger partial charge in [-0.3, -0.25) is 9.69 Å². The van der Waals surface area contributed by atoms with Gasteiger partial charge in [0.25, 0.3) is 0 Å². The van der Waals surface area contributed by atoms with Crippen LogP contribution in [0, 0.1) is 5.92 Å². The topological polar surface area (TPSA) is 110 Å². The van der Waals surface area contributed by atoms with E-state index in [1.807, 2.05) is 32.1 Å². The molecule has 0 radical (unpaired) electrons. The Balaban J connectivity index is 1.84. The first-order chi connectivity index (χ1) is 10.5. The summed E-state index contributed by atoms with van der Waals surface area (Å²) in [6, 6.07) is 0. The quantitative estimate of drug-likeness (QED) is 0.252. The molecule has 0 aromatic heterocycles. The highest BCUT2D eigenvalue weighted by atomic mass is 16.3. The third kappa shape index (κ3) is 4.51. The summed E-state index contributed by atoms with van der Waals surface area (Å²) < 4.78 is 0. The summed E-state index contributed by atoms with van der Waals surface area (Å²) in [7, 11) is 0. The molecule has 0 aromatic carbocycles. The predicted octanol–water partition coefficient (Wildman–Crippen LogP) is 0.951. The van der Waals surface area contributed by atoms with Crippen LogP contribution in [0.5, 0.6) is 0 Å². The van der Waals surface area contributed by atoms with Gasteiger partial charge in [-0.05, 0) is 38.3 Å². The van der Waals surface area contributed by atoms with Crippen LogP contribution in [0.4, 0.5) is 0 Å². The Labute approximate surface area is 131 Å². The SMILES string of the molecule is C/C=C\C=C(/C)C(=O)C1CCN(C(N)/C=C(\O)C2NN2)CC1. The van der Waals surface area contributed by atoms with Crippen molar-refractivity contribution in [3.05, 3.63) is 35.6 Å². The molecule has 2 aliphatic heterocycles. The van der Waals surface area contributed by atoms with E-state index in [1.165, 1.54) is 0 Å². The van der Waals surface area contributed by atoms with Gasteiger partial charge in [-0.1, -0.05) is 18.2 Å². The van der Waals surface area contributed by atoms with Crippen molar-refractivity contribution in [2.24, 2.45) is 11.7 Å². The number of Topliss-reactive ketones (excluding diaryl/α,β-unsaturated/α-hetero) is 1. The van der Waals surface area contributed by atoms with Crippen LogP contribution in [-0.2, 0) is 4.79 Å². The van der Waals surface area contributed by atoms with E-state index in [-0.39, 0.29) is 29.8 Å². The van der Waals surface area contributed by atoms with Crippen LogP contribution in [-0.4, -0.2) is 41.2 Å². The zero-order valence-electron chi connectivity index (χ0n) is 13.2. The number of nitrogens with one attached hydrogen (secondary N) is 2. The summed E-state index contributed by atoms with van der Waals surface area (Å²) in [6.45, 7) is 5.34. The first kappa shape index (κ1) is 16.9. The lowest BCUT2D eigenvalue weighted by Crippen LogP contribution is -2.46. The van der Waals surface area contributed by atoms with E-state index in [0.717, 1.165) is 31.5 Å². The summed E-state index contributed by atoms with van der Waals surface area (Å²) in [5, 5.41) is 9.75. The van der Waals surface area contributed by atoms with Crippen LogP contribution in [0.1, 0.15) is 26.7 Å². The lowest BCUT2D eigenvalue weighted by molar-refractivity contribution is -0.120. The van der Waals surface area contributed by atoms with E-state index in [0.29, 0.717) is 0 Å². The molecule has 0 aromatic rings. The number of hydrogen-bond acceptors (Lipinski definition) is 6. The minimum atomic E-state index is -0.320. The molecule has 5 N–H and O–H groups in total. The van der Waals surface area contributed by atoms with Gasteiger partial charge in [0.05, 0.1) is 6.17 Å². The first-order valence-electron chi connectivity index (χ1n) is 7.78. The Morgan fingerprint density at radius 3 is 2.55 bits per heavy atom. The van der Waals surface area contributed by atoms with Gasteiger partial charge in [0.1, 0.15) is 11.9 Å². The number of carbonyl (C=O) groups excluding carboxylic acids is 1. The molecule has 2 rings (SSSR count). The number of carbonyl (C=O) groups is 1. The molecule has 2 aliphatic rings. The number of allylic oxidation sites excluding steroid dienone is 4. The van der Waals surface area contributed by atoms with Crippen molar-refractivity contribution < 1.29 is 9.90 Å². The fourth-order valence-corrected chi connectivity index (χ4v) is 2.67. The molecule has 0 amide bonds. The lowest BCUT2D eigenvalue weighted by Gasteiger charge is -2.34. The molecule has 6 heteroatoms. The maximum atomic E-state index is 12.3. The third-order valence-electron chi connectivity index (χ3n) is 4.18. The highest BCUT2D eigenvalue weighted by Crippen LogP contribution is 2.22. The van der Waals surface area contributed by atoms with Gasteiger partial charge in [-0.2, -0.15) is 0 Å². The normalized spacial score (nSPS) is 24.0. The standard InChI is InChI=1S/C16H26N4O2/c1-3-4-5-11(2)15(22)12-6-8-20(9-7-12)14(17)10-13(21)16-18-19-16/h3-5,10,12,14,16,18-19,21H,6-9,17H2,1-2H3/b4-3-,11-5+,13-10-. The van der Waals surface area contributed by atoms with Gasteiger partial charge >= 0.3 is 0 Å². The molecule has 0 bridgehead atoms. The average Bonchev–Trinajstić information content (AvgIpc) is 3.36. The number of rotatable bonds is 6. The molecule has 0 spiro atoms. The summed E-state index contributed by atoms with van der Waals surface area (Å²) >= 11 is 0. The monoisotopic (exact) mass is 306 g/mol. The van der Waals surface area contributed by atoms with Crippen LogP contribution in [0.15, 0.2) is 35.6 Å². The fraction of sp³-hybridized carbons (Fsp3) is 0.562. The number of piperidine rings is 1. The Bertz CT molecular complexity index is 486. The van der Waals surface area contributed by atoms with E-state index in [9.17, 15) is 9.90 Å². The molecule has 22 heavy (non-hydrogen) atoms. The smallest absolute Gasteiger partial charge is 0.161 e. The second-order valence-electron chi connectivity index (χ2n) is 5.85. The average molecular weight is 306 g/mol. The van der Waals surface area contributed by atoms with Gasteiger partial charge in [-0.25, -0.2) is 10.9 Å². The number of hydrogen-bond donors (Lipinski definition) is 4. The molecule has 1 atom stereocenters. The molecule has 2 fully saturated rings. The van der Waals surface area contributed by atoms with Crippen LogP contribution >= 0.6 is 0 Å². The van der Waals surface area contributed by atoms with Crippen molar-refractivity contribution in [3.8, 4) is 0 Å². The summed E-state index contributed by atoms with van der Waals surface area (Å²) in [4.78, 5) is 14.4. The van der Waals surface area contributed by atoms with Crippen LogP contribution in [0.3, 0.4) is 0 Å². The Morgan fingerprint density at radius 1 is 1.36 bits per heavy atom. The van der Waals surface area contributed by atoms with E-state index < -0.39 is 0 Å². The zero-order chi connectivity index (χ0) is 16.1. The second kappa shape index (κ2) is 7.69. The molecule has 122 valence electrons. The van der Waals surface area contributed by atoms with E-state index in [2.05, 4.69) is 15.8 Å². The van der Waals surface area contributed by atoms with Crippen molar-refractivity contribution >= 4 is 5.78 Å². The minimum absolute atomic E-state index is 0.0781. The molecule has 6 nitrogen and oxygen atoms in total. The van der Waals surface area contributed by atoms with Gasteiger partial charge < -0.3 is 10.8 Å². The number of hydrazine groups is 1. The number of nitrogens with zero attached hydrogens (tertiary/aromatic N) is 1. The zero-order valence-corrected chi connectivity index (χ0v) is 13.2. The van der Waals surface area contributed by atoms with Gasteiger partial charge in [0.2, 0.25) is 0 Å². The van der Waals surface area contributed by atoms with Gasteiger partial charge in [0.15, 0.2) is 5.78 Å². The largest absolute Gasteiger partial charge is 0.509 e. The highest BCUT2D eigenvalue weighted by Gasteiger charge is 2.29. The Kier molecular flexibility index (Phi) is 5.90. The maximum absolute atomic E-state index is 12.3. The van der Waals surface area contributed by atoms with E-state index in [4.69, 9.17) is 5.73 Å². The molecule has 2 saturated heterocycles. The van der Waals surface area contributed by atoms with Crippen molar-refractivity contribution in [1.82, 2.24) is 15.8 Å². The van der Waals surface area contributed by atoms with Crippen molar-refractivity contribution in [2.75, 3.05) is 13.1 Å².